The molecule has 0 spiro atoms. The van der Waals surface area contributed by atoms with E-state index < -0.39 is 0 Å². The van der Waals surface area contributed by atoms with Gasteiger partial charge in [0.1, 0.15) is 0 Å². The van der Waals surface area contributed by atoms with Crippen molar-refractivity contribution in [2.45, 2.75) is 18.9 Å². The van der Waals surface area contributed by atoms with E-state index in [4.69, 9.17) is 4.74 Å². The lowest BCUT2D eigenvalue weighted by atomic mass is 10.1. The number of amides is 1. The molecular weight excluding hydrogens is 252 g/mol. The van der Waals surface area contributed by atoms with Crippen molar-refractivity contribution >= 4 is 24.0 Å². The van der Waals surface area contributed by atoms with Crippen LogP contribution < -0.4 is 10.6 Å². The van der Waals surface area contributed by atoms with Gasteiger partial charge in [-0.1, -0.05) is 18.2 Å². The zero-order valence-corrected chi connectivity index (χ0v) is 11.0. The molecule has 2 rings (SSSR count). The number of carbonyl (C=O) groups excluding carboxylic acids is 1. The van der Waals surface area contributed by atoms with Crippen LogP contribution in [-0.4, -0.2) is 31.7 Å². The molecule has 1 saturated heterocycles. The highest BCUT2D eigenvalue weighted by molar-refractivity contribution is 5.85. The predicted molar refractivity (Wildman–Crippen MR) is 74.2 cm³/mol. The van der Waals surface area contributed by atoms with Crippen molar-refractivity contribution in [1.29, 1.82) is 0 Å². The predicted octanol–water partition coefficient (Wildman–Crippen LogP) is 1.82. The van der Waals surface area contributed by atoms with E-state index in [1.54, 1.807) is 0 Å². The molecule has 1 aromatic rings. The van der Waals surface area contributed by atoms with Gasteiger partial charge in [0.15, 0.2) is 0 Å². The second kappa shape index (κ2) is 7.95. The van der Waals surface area contributed by atoms with Crippen LogP contribution in [0.4, 0.5) is 5.69 Å². The topological polar surface area (TPSA) is 50.4 Å². The number of halogens is 1. The Labute approximate surface area is 114 Å². The first-order valence-corrected chi connectivity index (χ1v) is 6.00. The van der Waals surface area contributed by atoms with Crippen LogP contribution in [0.15, 0.2) is 30.3 Å². The Hall–Kier alpha value is -1.26. The average molecular weight is 271 g/mol. The molecule has 0 atom stereocenters. The Morgan fingerprint density at radius 3 is 2.56 bits per heavy atom. The smallest absolute Gasteiger partial charge is 0.239 e. The first-order valence-electron chi connectivity index (χ1n) is 6.00. The molecule has 2 N–H and O–H groups in total. The maximum Gasteiger partial charge on any atom is 0.239 e. The van der Waals surface area contributed by atoms with Crippen LogP contribution in [0.2, 0.25) is 0 Å². The monoisotopic (exact) mass is 270 g/mol. The number of hydrogen-bond donors (Lipinski definition) is 2. The molecule has 1 aliphatic rings. The van der Waals surface area contributed by atoms with Crippen LogP contribution >= 0.6 is 12.4 Å². The second-order valence-corrected chi connectivity index (χ2v) is 4.17. The third-order valence-corrected chi connectivity index (χ3v) is 2.81. The summed E-state index contributed by atoms with van der Waals surface area (Å²) in [5, 5.41) is 6.10. The molecule has 1 aliphatic heterocycles. The lowest BCUT2D eigenvalue weighted by molar-refractivity contribution is -0.120. The van der Waals surface area contributed by atoms with Gasteiger partial charge >= 0.3 is 0 Å². The van der Waals surface area contributed by atoms with Crippen LogP contribution in [0.3, 0.4) is 0 Å². The number of nitrogens with one attached hydrogen (secondary N) is 2. The largest absolute Gasteiger partial charge is 0.381 e. The molecule has 100 valence electrons. The summed E-state index contributed by atoms with van der Waals surface area (Å²) in [5.74, 6) is 0.0424. The van der Waals surface area contributed by atoms with Crippen LogP contribution in [0.25, 0.3) is 0 Å². The number of anilines is 1. The minimum absolute atomic E-state index is 0. The van der Waals surface area contributed by atoms with Gasteiger partial charge < -0.3 is 15.4 Å². The molecule has 0 bridgehead atoms. The van der Waals surface area contributed by atoms with Crippen molar-refractivity contribution < 1.29 is 9.53 Å². The molecule has 1 fully saturated rings. The first-order chi connectivity index (χ1) is 8.34. The normalized spacial score (nSPS) is 15.6. The minimum Gasteiger partial charge on any atom is -0.381 e. The van der Waals surface area contributed by atoms with Gasteiger partial charge in [0, 0.05) is 24.9 Å². The first kappa shape index (κ1) is 14.8. The van der Waals surface area contributed by atoms with Gasteiger partial charge in [-0.05, 0) is 25.0 Å². The zero-order chi connectivity index (χ0) is 11.9. The summed E-state index contributed by atoms with van der Waals surface area (Å²) in [6.07, 6.45) is 1.83. The SMILES string of the molecule is Cl.O=C(CNc1ccccc1)NC1CCOCC1. The quantitative estimate of drug-likeness (QED) is 0.877. The summed E-state index contributed by atoms with van der Waals surface area (Å²) < 4.78 is 5.24. The van der Waals surface area contributed by atoms with E-state index in [1.807, 2.05) is 30.3 Å². The highest BCUT2D eigenvalue weighted by atomic mass is 35.5. The molecular formula is C13H19ClN2O2. The van der Waals surface area contributed by atoms with Gasteiger partial charge in [0.2, 0.25) is 5.91 Å². The maximum absolute atomic E-state index is 11.7. The number of benzene rings is 1. The Bertz CT molecular complexity index is 353. The van der Waals surface area contributed by atoms with E-state index in [0.717, 1.165) is 31.7 Å². The van der Waals surface area contributed by atoms with Crippen molar-refractivity contribution in [2.75, 3.05) is 25.1 Å². The van der Waals surface area contributed by atoms with Gasteiger partial charge in [-0.15, -0.1) is 12.4 Å². The third-order valence-electron chi connectivity index (χ3n) is 2.81. The van der Waals surface area contributed by atoms with E-state index in [-0.39, 0.29) is 24.4 Å². The van der Waals surface area contributed by atoms with Gasteiger partial charge in [-0.25, -0.2) is 0 Å². The van der Waals surface area contributed by atoms with E-state index in [9.17, 15) is 4.79 Å². The average Bonchev–Trinajstić information content (AvgIpc) is 2.39. The molecule has 0 aromatic heterocycles. The van der Waals surface area contributed by atoms with Gasteiger partial charge in [0.05, 0.1) is 6.54 Å². The van der Waals surface area contributed by atoms with E-state index >= 15 is 0 Å². The highest BCUT2D eigenvalue weighted by Crippen LogP contribution is 2.06. The summed E-state index contributed by atoms with van der Waals surface area (Å²) >= 11 is 0. The number of ether oxygens (including phenoxy) is 1. The molecule has 0 saturated carbocycles. The molecule has 0 radical (unpaired) electrons. The number of rotatable bonds is 4. The van der Waals surface area contributed by atoms with Crippen LogP contribution in [0.1, 0.15) is 12.8 Å². The molecule has 4 nitrogen and oxygen atoms in total. The molecule has 1 amide bonds. The van der Waals surface area contributed by atoms with Crippen LogP contribution in [0.5, 0.6) is 0 Å². The van der Waals surface area contributed by atoms with Crippen LogP contribution in [-0.2, 0) is 9.53 Å². The molecule has 5 heteroatoms. The Morgan fingerprint density at radius 1 is 1.22 bits per heavy atom. The molecule has 0 aliphatic carbocycles. The molecule has 18 heavy (non-hydrogen) atoms. The van der Waals surface area contributed by atoms with Crippen molar-refractivity contribution in [3.63, 3.8) is 0 Å². The van der Waals surface area contributed by atoms with E-state index in [2.05, 4.69) is 10.6 Å². The molecule has 1 heterocycles. The minimum atomic E-state index is 0. The van der Waals surface area contributed by atoms with Gasteiger partial charge in [-0.3, -0.25) is 4.79 Å². The van der Waals surface area contributed by atoms with Crippen molar-refractivity contribution in [2.24, 2.45) is 0 Å². The second-order valence-electron chi connectivity index (χ2n) is 4.17. The highest BCUT2D eigenvalue weighted by Gasteiger charge is 2.15. The summed E-state index contributed by atoms with van der Waals surface area (Å²) in [7, 11) is 0. The number of para-hydroxylation sites is 1. The van der Waals surface area contributed by atoms with Crippen molar-refractivity contribution in [3.8, 4) is 0 Å². The van der Waals surface area contributed by atoms with E-state index in [1.165, 1.54) is 0 Å². The zero-order valence-electron chi connectivity index (χ0n) is 10.2. The molecule has 1 aromatic carbocycles. The fourth-order valence-electron chi connectivity index (χ4n) is 1.86. The van der Waals surface area contributed by atoms with Crippen molar-refractivity contribution in [3.05, 3.63) is 30.3 Å². The Balaban J connectivity index is 0.00000162. The van der Waals surface area contributed by atoms with Crippen LogP contribution in [0, 0.1) is 0 Å². The third kappa shape index (κ3) is 4.94. The van der Waals surface area contributed by atoms with Gasteiger partial charge in [0.25, 0.3) is 0 Å². The van der Waals surface area contributed by atoms with Crippen molar-refractivity contribution in [1.82, 2.24) is 5.32 Å². The number of carbonyl (C=O) groups is 1. The summed E-state index contributed by atoms with van der Waals surface area (Å²) in [6.45, 7) is 1.81. The maximum atomic E-state index is 11.7. The summed E-state index contributed by atoms with van der Waals surface area (Å²) in [5.41, 5.74) is 0.967. The summed E-state index contributed by atoms with van der Waals surface area (Å²) in [6, 6.07) is 10.0. The lowest BCUT2D eigenvalue weighted by Crippen LogP contribution is -2.41. The van der Waals surface area contributed by atoms with E-state index in [0.29, 0.717) is 6.54 Å². The Morgan fingerprint density at radius 2 is 1.89 bits per heavy atom. The Kier molecular flexibility index (Phi) is 6.54. The fraction of sp³-hybridized carbons (Fsp3) is 0.462. The summed E-state index contributed by atoms with van der Waals surface area (Å²) in [4.78, 5) is 11.7. The lowest BCUT2D eigenvalue weighted by Gasteiger charge is -2.23. The van der Waals surface area contributed by atoms with Gasteiger partial charge in [-0.2, -0.15) is 0 Å². The number of hydrogen-bond acceptors (Lipinski definition) is 3. The fourth-order valence-corrected chi connectivity index (χ4v) is 1.86. The molecule has 0 unspecified atom stereocenters. The standard InChI is InChI=1S/C13H18N2O2.ClH/c16-13(15-12-6-8-17-9-7-12)10-14-11-4-2-1-3-5-11;/h1-5,12,14H,6-10H2,(H,15,16);1H.